The molecule has 0 spiro atoms. The summed E-state index contributed by atoms with van der Waals surface area (Å²) < 4.78 is 40.6. The van der Waals surface area contributed by atoms with Crippen LogP contribution in [-0.2, 0) is 22.9 Å². The summed E-state index contributed by atoms with van der Waals surface area (Å²) in [4.78, 5) is 5.28. The van der Waals surface area contributed by atoms with E-state index in [1.54, 1.807) is 0 Å². The summed E-state index contributed by atoms with van der Waals surface area (Å²) in [7, 11) is -3.87. The molecule has 2 aromatic rings. The number of nitrogen functional groups attached to an aromatic ring is 1. The number of hydrogen-bond acceptors (Lipinski definition) is 5. The first-order chi connectivity index (χ1) is 9.87. The molecule has 0 atom stereocenters. The third kappa shape index (κ3) is 2.77. The first kappa shape index (κ1) is 14.7. The number of hydrogen-bond donors (Lipinski definition) is 2. The highest BCUT2D eigenvalue weighted by Crippen LogP contribution is 2.33. The van der Waals surface area contributed by atoms with Crippen LogP contribution in [0, 0.1) is 5.82 Å². The molecule has 0 unspecified atom stereocenters. The van der Waals surface area contributed by atoms with Gasteiger partial charge in [0.25, 0.3) is 10.0 Å². The zero-order valence-electron chi connectivity index (χ0n) is 10.7. The van der Waals surface area contributed by atoms with E-state index in [0.29, 0.717) is 5.13 Å². The lowest BCUT2D eigenvalue weighted by molar-refractivity contribution is 0.599. The minimum Gasteiger partial charge on any atom is -0.396 e. The van der Waals surface area contributed by atoms with Crippen molar-refractivity contribution >= 4 is 48.1 Å². The zero-order valence-corrected chi connectivity index (χ0v) is 13.9. The topological polar surface area (TPSA) is 85.1 Å². The Kier molecular flexibility index (Phi) is 3.66. The van der Waals surface area contributed by atoms with Crippen LogP contribution in [0.3, 0.4) is 0 Å². The van der Waals surface area contributed by atoms with Gasteiger partial charge in [-0.1, -0.05) is 0 Å². The van der Waals surface area contributed by atoms with E-state index in [1.165, 1.54) is 11.3 Å². The molecule has 1 aromatic heterocycles. The number of anilines is 2. The van der Waals surface area contributed by atoms with Gasteiger partial charge in [0.2, 0.25) is 0 Å². The van der Waals surface area contributed by atoms with Crippen molar-refractivity contribution in [1.29, 1.82) is 0 Å². The third-order valence-corrected chi connectivity index (χ3v) is 6.66. The number of benzene rings is 1. The third-order valence-electron chi connectivity index (χ3n) is 3.16. The van der Waals surface area contributed by atoms with Crippen LogP contribution in [0.15, 0.2) is 21.5 Å². The van der Waals surface area contributed by atoms with Gasteiger partial charge in [-0.2, -0.15) is 0 Å². The number of sulfonamides is 1. The van der Waals surface area contributed by atoms with Crippen LogP contribution >= 0.6 is 27.3 Å². The van der Waals surface area contributed by atoms with Crippen LogP contribution in [0.25, 0.3) is 0 Å². The maximum atomic E-state index is 13.3. The lowest BCUT2D eigenvalue weighted by Gasteiger charge is -2.09. The Morgan fingerprint density at radius 3 is 2.86 bits per heavy atom. The Hall–Kier alpha value is -1.19. The van der Waals surface area contributed by atoms with E-state index in [2.05, 4.69) is 25.6 Å². The lowest BCUT2D eigenvalue weighted by atomic mass is 10.3. The van der Waals surface area contributed by atoms with Crippen LogP contribution in [0.2, 0.25) is 0 Å². The molecule has 1 aliphatic carbocycles. The molecular formula is C12H11BrFN3O2S2. The Morgan fingerprint density at radius 1 is 1.38 bits per heavy atom. The Bertz CT molecular complexity index is 799. The highest BCUT2D eigenvalue weighted by Gasteiger charge is 2.23. The molecule has 0 bridgehead atoms. The molecule has 0 fully saturated rings. The van der Waals surface area contributed by atoms with Crippen LogP contribution in [-0.4, -0.2) is 13.4 Å². The quantitative estimate of drug-likeness (QED) is 0.787. The molecule has 1 aliphatic rings. The summed E-state index contributed by atoms with van der Waals surface area (Å²) in [6.45, 7) is 0. The second-order valence-corrected chi connectivity index (χ2v) is 8.24. The number of aryl methyl sites for hydroxylation is 2. The van der Waals surface area contributed by atoms with E-state index in [1.807, 2.05) is 0 Å². The molecule has 0 amide bonds. The monoisotopic (exact) mass is 391 g/mol. The van der Waals surface area contributed by atoms with Crippen molar-refractivity contribution in [3.63, 3.8) is 0 Å². The van der Waals surface area contributed by atoms with Gasteiger partial charge in [0.1, 0.15) is 10.7 Å². The first-order valence-corrected chi connectivity index (χ1v) is 9.22. The molecule has 3 rings (SSSR count). The second kappa shape index (κ2) is 5.22. The molecule has 0 aliphatic heterocycles. The van der Waals surface area contributed by atoms with E-state index >= 15 is 0 Å². The minimum atomic E-state index is -3.87. The van der Waals surface area contributed by atoms with Gasteiger partial charge in [0, 0.05) is 9.35 Å². The second-order valence-electron chi connectivity index (χ2n) is 4.65. The van der Waals surface area contributed by atoms with Gasteiger partial charge in [-0.05, 0) is 47.3 Å². The van der Waals surface area contributed by atoms with Crippen molar-refractivity contribution in [1.82, 2.24) is 4.98 Å². The van der Waals surface area contributed by atoms with Gasteiger partial charge in [-0.25, -0.2) is 17.8 Å². The molecule has 3 N–H and O–H groups in total. The summed E-state index contributed by atoms with van der Waals surface area (Å²) in [6, 6.07) is 2.12. The minimum absolute atomic E-state index is 0.114. The summed E-state index contributed by atoms with van der Waals surface area (Å²) in [6.07, 6.45) is 2.86. The number of halogens is 2. The summed E-state index contributed by atoms with van der Waals surface area (Å²) >= 11 is 4.38. The number of nitrogens with zero attached hydrogens (tertiary/aromatic N) is 1. The molecule has 9 heteroatoms. The molecular weight excluding hydrogens is 381 g/mol. The fourth-order valence-corrected chi connectivity index (χ4v) is 5.49. The van der Waals surface area contributed by atoms with Crippen molar-refractivity contribution in [2.24, 2.45) is 0 Å². The molecule has 1 aromatic carbocycles. The fourth-order valence-electron chi connectivity index (χ4n) is 2.15. The van der Waals surface area contributed by atoms with E-state index in [4.69, 9.17) is 5.73 Å². The van der Waals surface area contributed by atoms with E-state index in [9.17, 15) is 12.8 Å². The first-order valence-electron chi connectivity index (χ1n) is 6.13. The molecule has 5 nitrogen and oxygen atoms in total. The maximum Gasteiger partial charge on any atom is 0.264 e. The average molecular weight is 392 g/mol. The number of rotatable bonds is 3. The van der Waals surface area contributed by atoms with Gasteiger partial charge in [-0.15, -0.1) is 11.3 Å². The van der Waals surface area contributed by atoms with Crippen molar-refractivity contribution in [2.75, 3.05) is 10.5 Å². The standard InChI is InChI=1S/C12H11BrFN3O2S2/c13-6-4-7(14)8(15)5-11(6)21(18,19)17-12-16-9-2-1-3-10(9)20-12/h4-5H,1-3,15H2,(H,16,17). The Balaban J connectivity index is 1.95. The zero-order chi connectivity index (χ0) is 15.2. The highest BCUT2D eigenvalue weighted by molar-refractivity contribution is 9.10. The largest absolute Gasteiger partial charge is 0.396 e. The van der Waals surface area contributed by atoms with Gasteiger partial charge >= 0.3 is 0 Å². The van der Waals surface area contributed by atoms with Crippen molar-refractivity contribution in [3.8, 4) is 0 Å². The summed E-state index contributed by atoms with van der Waals surface area (Å²) in [5.74, 6) is -0.672. The van der Waals surface area contributed by atoms with Gasteiger partial charge in [0.15, 0.2) is 5.13 Å². The Morgan fingerprint density at radius 2 is 2.14 bits per heavy atom. The molecule has 0 saturated heterocycles. The number of fused-ring (bicyclic) bond motifs is 1. The highest BCUT2D eigenvalue weighted by atomic mass is 79.9. The SMILES string of the molecule is Nc1cc(S(=O)(=O)Nc2nc3c(s2)CCC3)c(Br)cc1F. The molecule has 112 valence electrons. The number of nitrogens with one attached hydrogen (secondary N) is 1. The van der Waals surface area contributed by atoms with Crippen molar-refractivity contribution in [2.45, 2.75) is 24.2 Å². The molecule has 0 radical (unpaired) electrons. The van der Waals surface area contributed by atoms with Crippen LogP contribution in [0.5, 0.6) is 0 Å². The number of nitrogens with two attached hydrogens (primary N) is 1. The van der Waals surface area contributed by atoms with Crippen molar-refractivity contribution < 1.29 is 12.8 Å². The van der Waals surface area contributed by atoms with E-state index < -0.39 is 15.8 Å². The van der Waals surface area contributed by atoms with Crippen LogP contribution < -0.4 is 10.5 Å². The average Bonchev–Trinajstić information content (AvgIpc) is 2.93. The molecule has 0 saturated carbocycles. The predicted molar refractivity (Wildman–Crippen MR) is 83.5 cm³/mol. The van der Waals surface area contributed by atoms with Gasteiger partial charge in [-0.3, -0.25) is 4.72 Å². The Labute approximate surface area is 133 Å². The number of thiazole rings is 1. The summed E-state index contributed by atoms with van der Waals surface area (Å²) in [5, 5.41) is 0.328. The van der Waals surface area contributed by atoms with Crippen LogP contribution in [0.4, 0.5) is 15.2 Å². The lowest BCUT2D eigenvalue weighted by Crippen LogP contribution is -2.14. The van der Waals surface area contributed by atoms with E-state index in [-0.39, 0.29) is 15.1 Å². The maximum absolute atomic E-state index is 13.3. The van der Waals surface area contributed by atoms with Gasteiger partial charge < -0.3 is 5.73 Å². The van der Waals surface area contributed by atoms with Crippen LogP contribution in [0.1, 0.15) is 17.0 Å². The smallest absolute Gasteiger partial charge is 0.264 e. The van der Waals surface area contributed by atoms with Gasteiger partial charge in [0.05, 0.1) is 11.4 Å². The summed E-state index contributed by atoms with van der Waals surface area (Å²) in [5.41, 5.74) is 6.17. The number of aromatic nitrogens is 1. The molecule has 21 heavy (non-hydrogen) atoms. The fraction of sp³-hybridized carbons (Fsp3) is 0.250. The predicted octanol–water partition coefficient (Wildman–Crippen LogP) is 2.92. The van der Waals surface area contributed by atoms with Crippen molar-refractivity contribution in [3.05, 3.63) is 33.0 Å². The molecule has 1 heterocycles. The normalized spacial score (nSPS) is 14.2. The van der Waals surface area contributed by atoms with E-state index in [0.717, 1.165) is 42.0 Å².